The Morgan fingerprint density at radius 2 is 2.25 bits per heavy atom. The summed E-state index contributed by atoms with van der Waals surface area (Å²) in [5, 5.41) is 0. The van der Waals surface area contributed by atoms with Gasteiger partial charge in [0.2, 0.25) is 0 Å². The molecule has 66 valence electrons. The van der Waals surface area contributed by atoms with Crippen LogP contribution >= 0.6 is 27.7 Å². The molecule has 0 fully saturated rings. The highest BCUT2D eigenvalue weighted by molar-refractivity contribution is 9.10. The first kappa shape index (κ1) is 10.1. The number of benzene rings is 1. The molecule has 2 N–H and O–H groups in total. The summed E-state index contributed by atoms with van der Waals surface area (Å²) in [5.74, 6) is 0. The predicted octanol–water partition coefficient (Wildman–Crippen LogP) is 2.67. The Hall–Kier alpha value is 0.01000. The summed E-state index contributed by atoms with van der Waals surface area (Å²) in [6, 6.07) is 6.24. The van der Waals surface area contributed by atoms with Crippen LogP contribution in [0.4, 0.5) is 0 Å². The summed E-state index contributed by atoms with van der Waals surface area (Å²) in [7, 11) is 0. The number of halogens is 1. The Balaban J connectivity index is 3.00. The third kappa shape index (κ3) is 2.25. The average molecular weight is 246 g/mol. The van der Waals surface area contributed by atoms with Crippen LogP contribution in [-0.2, 0) is 6.42 Å². The lowest BCUT2D eigenvalue weighted by atomic mass is 10.1. The molecule has 0 aliphatic heterocycles. The lowest BCUT2D eigenvalue weighted by molar-refractivity contribution is 0.942. The topological polar surface area (TPSA) is 26.0 Å². The fraction of sp³-hybridized carbons (Fsp3) is 0.333. The molecule has 1 nitrogen and oxygen atoms in total. The van der Waals surface area contributed by atoms with Gasteiger partial charge in [0.25, 0.3) is 0 Å². The van der Waals surface area contributed by atoms with Crippen molar-refractivity contribution in [2.75, 3.05) is 12.8 Å². The second kappa shape index (κ2) is 4.90. The molecular weight excluding hydrogens is 234 g/mol. The summed E-state index contributed by atoms with van der Waals surface area (Å²) in [4.78, 5) is 1.31. The van der Waals surface area contributed by atoms with Crippen LogP contribution in [0.1, 0.15) is 5.56 Å². The molecule has 12 heavy (non-hydrogen) atoms. The predicted molar refractivity (Wildman–Crippen MR) is 58.7 cm³/mol. The minimum absolute atomic E-state index is 0.712. The quantitative estimate of drug-likeness (QED) is 0.830. The van der Waals surface area contributed by atoms with Gasteiger partial charge in [0, 0.05) is 9.37 Å². The first-order chi connectivity index (χ1) is 5.79. The molecule has 0 heterocycles. The molecule has 1 rings (SSSR count). The van der Waals surface area contributed by atoms with E-state index in [0.717, 1.165) is 6.42 Å². The van der Waals surface area contributed by atoms with Crippen LogP contribution in [0.15, 0.2) is 27.6 Å². The third-order valence-corrected chi connectivity index (χ3v) is 3.48. The smallest absolute Gasteiger partial charge is 0.0313 e. The van der Waals surface area contributed by atoms with Gasteiger partial charge >= 0.3 is 0 Å². The molecule has 0 saturated heterocycles. The normalized spacial score (nSPS) is 10.2. The maximum Gasteiger partial charge on any atom is 0.0313 e. The molecule has 3 heteroatoms. The van der Waals surface area contributed by atoms with Gasteiger partial charge in [0.1, 0.15) is 0 Å². The van der Waals surface area contributed by atoms with E-state index in [1.165, 1.54) is 14.9 Å². The largest absolute Gasteiger partial charge is 0.330 e. The van der Waals surface area contributed by atoms with Crippen LogP contribution in [0.5, 0.6) is 0 Å². The van der Waals surface area contributed by atoms with Crippen molar-refractivity contribution < 1.29 is 0 Å². The first-order valence-electron chi connectivity index (χ1n) is 3.81. The Labute approximate surface area is 85.9 Å². The molecule has 0 aliphatic carbocycles. The van der Waals surface area contributed by atoms with E-state index in [0.29, 0.717) is 6.54 Å². The van der Waals surface area contributed by atoms with Gasteiger partial charge in [0.05, 0.1) is 0 Å². The zero-order valence-electron chi connectivity index (χ0n) is 7.01. The van der Waals surface area contributed by atoms with Crippen LogP contribution in [0.3, 0.4) is 0 Å². The van der Waals surface area contributed by atoms with E-state index >= 15 is 0 Å². The maximum atomic E-state index is 5.51. The van der Waals surface area contributed by atoms with Crippen LogP contribution < -0.4 is 5.73 Å². The molecule has 0 unspecified atom stereocenters. The Bertz CT molecular complexity index is 263. The zero-order chi connectivity index (χ0) is 8.97. The lowest BCUT2D eigenvalue weighted by Gasteiger charge is -2.07. The number of thioether (sulfide) groups is 1. The van der Waals surface area contributed by atoms with E-state index in [9.17, 15) is 0 Å². The summed E-state index contributed by atoms with van der Waals surface area (Å²) in [6.45, 7) is 0.712. The monoisotopic (exact) mass is 245 g/mol. The Kier molecular flexibility index (Phi) is 4.12. The highest BCUT2D eigenvalue weighted by Crippen LogP contribution is 2.29. The molecule has 1 aromatic carbocycles. The third-order valence-electron chi connectivity index (χ3n) is 1.67. The molecule has 0 saturated carbocycles. The van der Waals surface area contributed by atoms with E-state index in [1.807, 2.05) is 0 Å². The van der Waals surface area contributed by atoms with Gasteiger partial charge in [-0.15, -0.1) is 11.8 Å². The van der Waals surface area contributed by atoms with Crippen molar-refractivity contribution in [3.8, 4) is 0 Å². The van der Waals surface area contributed by atoms with Gasteiger partial charge in [-0.25, -0.2) is 0 Å². The molecule has 0 bridgehead atoms. The zero-order valence-corrected chi connectivity index (χ0v) is 9.41. The van der Waals surface area contributed by atoms with E-state index in [1.54, 1.807) is 11.8 Å². The van der Waals surface area contributed by atoms with Crippen molar-refractivity contribution in [3.63, 3.8) is 0 Å². The van der Waals surface area contributed by atoms with Crippen molar-refractivity contribution in [1.29, 1.82) is 0 Å². The Morgan fingerprint density at radius 3 is 2.83 bits per heavy atom. The number of nitrogens with two attached hydrogens (primary N) is 1. The van der Waals surface area contributed by atoms with Crippen molar-refractivity contribution in [3.05, 3.63) is 28.2 Å². The molecule has 0 amide bonds. The number of hydrogen-bond donors (Lipinski definition) is 1. The average Bonchev–Trinajstić information content (AvgIpc) is 2.05. The van der Waals surface area contributed by atoms with E-state index in [4.69, 9.17) is 5.73 Å². The second-order valence-electron chi connectivity index (χ2n) is 2.47. The Morgan fingerprint density at radius 1 is 1.50 bits per heavy atom. The number of hydrogen-bond acceptors (Lipinski definition) is 2. The summed E-state index contributed by atoms with van der Waals surface area (Å²) >= 11 is 5.28. The summed E-state index contributed by atoms with van der Waals surface area (Å²) in [5.41, 5.74) is 6.84. The molecule has 0 aromatic heterocycles. The van der Waals surface area contributed by atoms with Gasteiger partial charge in [0.15, 0.2) is 0 Å². The molecule has 0 radical (unpaired) electrons. The van der Waals surface area contributed by atoms with E-state index in [2.05, 4.69) is 40.4 Å². The standard InChI is InChI=1S/C9H12BrNS/c1-12-9-7(5-6-11)3-2-4-8(9)10/h2-4H,5-6,11H2,1H3. The maximum absolute atomic E-state index is 5.51. The van der Waals surface area contributed by atoms with E-state index < -0.39 is 0 Å². The molecular formula is C9H12BrNS. The highest BCUT2D eigenvalue weighted by Gasteiger charge is 2.03. The SMILES string of the molecule is CSc1c(Br)cccc1CCN. The van der Waals surface area contributed by atoms with Crippen LogP contribution in [0.25, 0.3) is 0 Å². The minimum atomic E-state index is 0.712. The van der Waals surface area contributed by atoms with Crippen LogP contribution in [0, 0.1) is 0 Å². The van der Waals surface area contributed by atoms with Gasteiger partial charge in [-0.2, -0.15) is 0 Å². The van der Waals surface area contributed by atoms with Crippen LogP contribution in [-0.4, -0.2) is 12.8 Å². The fourth-order valence-corrected chi connectivity index (χ4v) is 2.72. The fourth-order valence-electron chi connectivity index (χ4n) is 1.13. The highest BCUT2D eigenvalue weighted by atomic mass is 79.9. The van der Waals surface area contributed by atoms with Crippen LogP contribution in [0.2, 0.25) is 0 Å². The van der Waals surface area contributed by atoms with Crippen molar-refractivity contribution >= 4 is 27.7 Å². The minimum Gasteiger partial charge on any atom is -0.330 e. The second-order valence-corrected chi connectivity index (χ2v) is 4.14. The molecule has 1 aromatic rings. The lowest BCUT2D eigenvalue weighted by Crippen LogP contribution is -2.03. The summed E-state index contributed by atoms with van der Waals surface area (Å²) in [6.07, 6.45) is 3.04. The summed E-state index contributed by atoms with van der Waals surface area (Å²) < 4.78 is 1.17. The van der Waals surface area contributed by atoms with E-state index in [-0.39, 0.29) is 0 Å². The molecule has 0 atom stereocenters. The van der Waals surface area contributed by atoms with Gasteiger partial charge in [-0.05, 0) is 46.8 Å². The molecule has 0 spiro atoms. The van der Waals surface area contributed by atoms with Crippen molar-refractivity contribution in [1.82, 2.24) is 0 Å². The number of rotatable bonds is 3. The first-order valence-corrected chi connectivity index (χ1v) is 5.82. The van der Waals surface area contributed by atoms with Gasteiger partial charge in [-0.1, -0.05) is 12.1 Å². The van der Waals surface area contributed by atoms with Crippen molar-refractivity contribution in [2.45, 2.75) is 11.3 Å². The van der Waals surface area contributed by atoms with Gasteiger partial charge < -0.3 is 5.73 Å². The molecule has 0 aliphatic rings. The van der Waals surface area contributed by atoms with Crippen molar-refractivity contribution in [2.24, 2.45) is 5.73 Å². The van der Waals surface area contributed by atoms with Gasteiger partial charge in [-0.3, -0.25) is 0 Å².